The van der Waals surface area contributed by atoms with Crippen molar-refractivity contribution >= 4 is 35.2 Å². The topological polar surface area (TPSA) is 99.8 Å². The van der Waals surface area contributed by atoms with Crippen LogP contribution in [0.25, 0.3) is 0 Å². The van der Waals surface area contributed by atoms with Crippen LogP contribution in [0, 0.1) is 6.92 Å². The highest BCUT2D eigenvalue weighted by Crippen LogP contribution is 2.28. The van der Waals surface area contributed by atoms with Gasteiger partial charge in [0.2, 0.25) is 5.91 Å². The van der Waals surface area contributed by atoms with Gasteiger partial charge in [0.15, 0.2) is 0 Å². The predicted molar refractivity (Wildman–Crippen MR) is 131 cm³/mol. The number of anilines is 1. The smallest absolute Gasteiger partial charge is 0.338 e. The predicted octanol–water partition coefficient (Wildman–Crippen LogP) is 3.78. The Morgan fingerprint density at radius 3 is 2.56 bits per heavy atom. The van der Waals surface area contributed by atoms with Crippen molar-refractivity contribution < 1.29 is 19.1 Å². The fraction of sp³-hybridized carbons (Fsp3) is 0.320. The number of likely N-dealkylation sites (N-methyl/N-ethyl adjacent to an activating group) is 1. The molecule has 0 radical (unpaired) electrons. The molecule has 0 aliphatic carbocycles. The Balaban J connectivity index is 1.85. The first-order valence-corrected chi connectivity index (χ1v) is 11.5. The Morgan fingerprint density at radius 1 is 1.15 bits per heavy atom. The first kappa shape index (κ1) is 25.3. The van der Waals surface area contributed by atoms with E-state index in [1.807, 2.05) is 55.1 Å². The van der Waals surface area contributed by atoms with Crippen LogP contribution in [0.4, 0.5) is 10.5 Å². The van der Waals surface area contributed by atoms with E-state index in [-0.39, 0.29) is 25.6 Å². The van der Waals surface area contributed by atoms with Crippen molar-refractivity contribution in [2.45, 2.75) is 26.8 Å². The van der Waals surface area contributed by atoms with Crippen molar-refractivity contribution in [3.05, 3.63) is 76.0 Å². The maximum absolute atomic E-state index is 12.9. The van der Waals surface area contributed by atoms with Gasteiger partial charge in [-0.1, -0.05) is 54.9 Å². The number of hydrogen-bond donors (Lipinski definition) is 3. The number of amides is 3. The zero-order chi connectivity index (χ0) is 24.7. The minimum absolute atomic E-state index is 0.0569. The van der Waals surface area contributed by atoms with Crippen LogP contribution in [0.3, 0.4) is 0 Å². The molecule has 1 aliphatic rings. The van der Waals surface area contributed by atoms with Gasteiger partial charge in [0.1, 0.15) is 0 Å². The second-order valence-electron chi connectivity index (χ2n) is 7.87. The van der Waals surface area contributed by atoms with Crippen LogP contribution in [-0.4, -0.2) is 49.0 Å². The number of rotatable bonds is 9. The minimum Gasteiger partial charge on any atom is -0.463 e. The Kier molecular flexibility index (Phi) is 8.67. The van der Waals surface area contributed by atoms with E-state index >= 15 is 0 Å². The lowest BCUT2D eigenvalue weighted by Gasteiger charge is -2.31. The lowest BCUT2D eigenvalue weighted by Crippen LogP contribution is -2.49. The number of nitrogens with one attached hydrogen (secondary N) is 3. The lowest BCUT2D eigenvalue weighted by atomic mass is 9.95. The molecule has 2 aromatic carbocycles. The maximum atomic E-state index is 12.9. The minimum atomic E-state index is -0.661. The highest BCUT2D eigenvalue weighted by Gasteiger charge is 2.34. The van der Waals surface area contributed by atoms with Gasteiger partial charge < -0.3 is 20.7 Å². The van der Waals surface area contributed by atoms with E-state index in [0.29, 0.717) is 28.5 Å². The molecule has 3 rings (SSSR count). The maximum Gasteiger partial charge on any atom is 0.338 e. The van der Waals surface area contributed by atoms with Crippen molar-refractivity contribution in [1.82, 2.24) is 15.5 Å². The van der Waals surface area contributed by atoms with Gasteiger partial charge in [0, 0.05) is 23.0 Å². The molecule has 0 fully saturated rings. The number of urea groups is 1. The monoisotopic (exact) mass is 484 g/mol. The standard InChI is InChI=1S/C25H29ClN4O4/c1-4-30(15-21(31)27-19-13-18(26)12-11-16(19)3)14-20-22(24(32)34-5-2)23(29-25(33)28-20)17-9-7-6-8-10-17/h6-13,23H,4-5,14-15H2,1-3H3,(H,27,31)(H2,28,29,33). The van der Waals surface area contributed by atoms with Crippen LogP contribution in [0.2, 0.25) is 5.02 Å². The van der Waals surface area contributed by atoms with Gasteiger partial charge in [-0.2, -0.15) is 0 Å². The highest BCUT2D eigenvalue weighted by molar-refractivity contribution is 6.31. The third kappa shape index (κ3) is 6.36. The normalized spacial score (nSPS) is 15.6. The van der Waals surface area contributed by atoms with Crippen molar-refractivity contribution in [2.75, 3.05) is 31.6 Å². The summed E-state index contributed by atoms with van der Waals surface area (Å²) in [4.78, 5) is 40.0. The van der Waals surface area contributed by atoms with Crippen molar-refractivity contribution in [2.24, 2.45) is 0 Å². The van der Waals surface area contributed by atoms with E-state index in [1.165, 1.54) is 0 Å². The molecule has 180 valence electrons. The number of carbonyl (C=O) groups is 3. The fourth-order valence-corrected chi connectivity index (χ4v) is 3.88. The zero-order valence-electron chi connectivity index (χ0n) is 19.5. The summed E-state index contributed by atoms with van der Waals surface area (Å²) in [5, 5.41) is 8.96. The first-order valence-electron chi connectivity index (χ1n) is 11.1. The summed E-state index contributed by atoms with van der Waals surface area (Å²) in [5.41, 5.74) is 3.01. The molecule has 0 bridgehead atoms. The number of ether oxygens (including phenoxy) is 1. The molecule has 2 aromatic rings. The van der Waals surface area contributed by atoms with E-state index in [0.717, 1.165) is 11.1 Å². The van der Waals surface area contributed by atoms with Crippen LogP contribution < -0.4 is 16.0 Å². The zero-order valence-corrected chi connectivity index (χ0v) is 20.2. The summed E-state index contributed by atoms with van der Waals surface area (Å²) < 4.78 is 5.30. The van der Waals surface area contributed by atoms with E-state index in [9.17, 15) is 14.4 Å². The van der Waals surface area contributed by atoms with Gasteiger partial charge >= 0.3 is 12.0 Å². The van der Waals surface area contributed by atoms with Gasteiger partial charge in [-0.25, -0.2) is 9.59 Å². The Bertz CT molecular complexity index is 1090. The molecule has 1 heterocycles. The molecule has 0 saturated carbocycles. The Labute approximate surface area is 204 Å². The third-order valence-corrected chi connectivity index (χ3v) is 5.69. The largest absolute Gasteiger partial charge is 0.463 e. The molecule has 34 heavy (non-hydrogen) atoms. The second-order valence-corrected chi connectivity index (χ2v) is 8.30. The highest BCUT2D eigenvalue weighted by atomic mass is 35.5. The number of aryl methyl sites for hydroxylation is 1. The van der Waals surface area contributed by atoms with E-state index in [4.69, 9.17) is 16.3 Å². The SMILES string of the molecule is CCOC(=O)C1=C(CN(CC)CC(=O)Nc2cc(Cl)ccc2C)NC(=O)NC1c1ccccc1. The van der Waals surface area contributed by atoms with Crippen LogP contribution in [-0.2, 0) is 14.3 Å². The van der Waals surface area contributed by atoms with Gasteiger partial charge in [0.25, 0.3) is 0 Å². The molecule has 1 unspecified atom stereocenters. The molecule has 8 nitrogen and oxygen atoms in total. The Hall–Kier alpha value is -3.36. The fourth-order valence-electron chi connectivity index (χ4n) is 3.71. The van der Waals surface area contributed by atoms with E-state index < -0.39 is 18.0 Å². The molecule has 1 aliphatic heterocycles. The quantitative estimate of drug-likeness (QED) is 0.470. The van der Waals surface area contributed by atoms with Gasteiger partial charge in [-0.3, -0.25) is 9.69 Å². The second kappa shape index (κ2) is 11.7. The molecule has 0 aromatic heterocycles. The van der Waals surface area contributed by atoms with Gasteiger partial charge in [-0.15, -0.1) is 0 Å². The van der Waals surface area contributed by atoms with Crippen molar-refractivity contribution in [1.29, 1.82) is 0 Å². The van der Waals surface area contributed by atoms with Gasteiger partial charge in [0.05, 0.1) is 24.8 Å². The molecular weight excluding hydrogens is 456 g/mol. The van der Waals surface area contributed by atoms with Crippen LogP contribution in [0.15, 0.2) is 59.8 Å². The number of hydrogen-bond acceptors (Lipinski definition) is 5. The summed E-state index contributed by atoms with van der Waals surface area (Å²) in [7, 11) is 0. The molecule has 3 N–H and O–H groups in total. The molecule has 3 amide bonds. The summed E-state index contributed by atoms with van der Waals surface area (Å²) in [6, 6.07) is 13.4. The first-order chi connectivity index (χ1) is 16.3. The molecule has 9 heteroatoms. The van der Waals surface area contributed by atoms with Crippen molar-refractivity contribution in [3.63, 3.8) is 0 Å². The molecule has 0 saturated heterocycles. The third-order valence-electron chi connectivity index (χ3n) is 5.45. The number of halogens is 1. The van der Waals surface area contributed by atoms with Crippen molar-refractivity contribution in [3.8, 4) is 0 Å². The molecule has 1 atom stereocenters. The summed E-state index contributed by atoms with van der Waals surface area (Å²) in [5.74, 6) is -0.751. The average molecular weight is 485 g/mol. The summed E-state index contributed by atoms with van der Waals surface area (Å²) in [6.07, 6.45) is 0. The average Bonchev–Trinajstić information content (AvgIpc) is 2.81. The number of benzene rings is 2. The van der Waals surface area contributed by atoms with Crippen LogP contribution in [0.1, 0.15) is 31.0 Å². The molecule has 0 spiro atoms. The summed E-state index contributed by atoms with van der Waals surface area (Å²) in [6.45, 7) is 6.47. The van der Waals surface area contributed by atoms with E-state index in [1.54, 1.807) is 19.1 Å². The summed E-state index contributed by atoms with van der Waals surface area (Å²) >= 11 is 6.05. The van der Waals surface area contributed by atoms with Crippen LogP contribution >= 0.6 is 11.6 Å². The van der Waals surface area contributed by atoms with Crippen LogP contribution in [0.5, 0.6) is 0 Å². The lowest BCUT2D eigenvalue weighted by molar-refractivity contribution is -0.139. The number of nitrogens with zero attached hydrogens (tertiary/aromatic N) is 1. The Morgan fingerprint density at radius 2 is 1.88 bits per heavy atom. The van der Waals surface area contributed by atoms with Gasteiger partial charge in [-0.05, 0) is 43.7 Å². The number of esters is 1. The van der Waals surface area contributed by atoms with E-state index in [2.05, 4.69) is 16.0 Å². The number of carbonyl (C=O) groups excluding carboxylic acids is 3. The molecular formula is C25H29ClN4O4.